The summed E-state index contributed by atoms with van der Waals surface area (Å²) in [5.74, 6) is -0.117. The van der Waals surface area contributed by atoms with E-state index in [-0.39, 0.29) is 64.8 Å². The fourth-order valence-corrected chi connectivity index (χ4v) is 6.66. The molecule has 4 atom stereocenters. The van der Waals surface area contributed by atoms with Gasteiger partial charge in [-0.25, -0.2) is 23.9 Å². The van der Waals surface area contributed by atoms with Crippen LogP contribution in [0.2, 0.25) is 0 Å². The van der Waals surface area contributed by atoms with E-state index in [0.29, 0.717) is 22.9 Å². The first kappa shape index (κ1) is 37.5. The number of carbonyl (C=O) groups is 3. The van der Waals surface area contributed by atoms with E-state index < -0.39 is 18.2 Å². The standard InChI is InChI=1S/C38H48N6O6/c1-12-16-43(17-13-2)37(47)50-35-31(39-10)30(36(46)49-32-26(18-22(3)4)19-23(5)20-27(32)38(7,8)9)34-41-33(42-44(34)35)25-14-15-29(48-11)28(21-25)40-24(6)45/h12-15,18,21,23,26-27,32H,1-2,16-17,19-20H2,3-9,11H3,(H,40,45)(H,41,42). The van der Waals surface area contributed by atoms with Gasteiger partial charge in [-0.3, -0.25) is 9.89 Å². The number of hydrogen-bond donors (Lipinski definition) is 2. The second-order valence-electron chi connectivity index (χ2n) is 14.1. The number of esters is 1. The first-order valence-corrected chi connectivity index (χ1v) is 16.7. The Labute approximate surface area is 294 Å². The third-order valence-corrected chi connectivity index (χ3v) is 8.81. The second-order valence-corrected chi connectivity index (χ2v) is 14.1. The zero-order chi connectivity index (χ0) is 36.9. The minimum atomic E-state index is -0.778. The SMILES string of the molecule is [C-]#[N+]c1c(C(=O)OC2C(C=C(C)C)CC(C)CC2C(C)(C)C)c2nc(-c3ccc(OC)c(NC(C)=O)c3)[nH]n2c1OC(=O)N(CC=C)CC=C. The van der Waals surface area contributed by atoms with Crippen molar-refractivity contribution in [2.45, 2.75) is 67.4 Å². The van der Waals surface area contributed by atoms with E-state index >= 15 is 0 Å². The molecule has 1 aromatic carbocycles. The van der Waals surface area contributed by atoms with Crippen molar-refractivity contribution < 1.29 is 28.6 Å². The number of fused-ring (bicyclic) bond motifs is 1. The highest BCUT2D eigenvalue weighted by Gasteiger charge is 2.44. The number of amides is 2. The topological polar surface area (TPSA) is 132 Å². The Kier molecular flexibility index (Phi) is 11.6. The minimum Gasteiger partial charge on any atom is -0.495 e. The van der Waals surface area contributed by atoms with Gasteiger partial charge < -0.3 is 24.4 Å². The number of ether oxygens (including phenoxy) is 3. The van der Waals surface area contributed by atoms with Crippen LogP contribution in [0.4, 0.5) is 16.2 Å². The fourth-order valence-electron chi connectivity index (χ4n) is 6.66. The monoisotopic (exact) mass is 684 g/mol. The van der Waals surface area contributed by atoms with Crippen LogP contribution in [0.15, 0.2) is 55.2 Å². The van der Waals surface area contributed by atoms with Gasteiger partial charge in [-0.1, -0.05) is 51.5 Å². The van der Waals surface area contributed by atoms with E-state index in [1.807, 2.05) is 13.8 Å². The van der Waals surface area contributed by atoms with Crippen LogP contribution in [-0.4, -0.2) is 63.8 Å². The molecule has 1 aliphatic carbocycles. The van der Waals surface area contributed by atoms with Gasteiger partial charge in [-0.2, -0.15) is 0 Å². The quantitative estimate of drug-likeness (QED) is 0.118. The molecular formula is C38H48N6O6. The first-order chi connectivity index (χ1) is 23.6. The predicted octanol–water partition coefficient (Wildman–Crippen LogP) is 8.22. The zero-order valence-corrected chi connectivity index (χ0v) is 30.3. The summed E-state index contributed by atoms with van der Waals surface area (Å²) in [6.07, 6.45) is 5.73. The van der Waals surface area contributed by atoms with Crippen LogP contribution in [0.1, 0.15) is 71.7 Å². The number of benzene rings is 1. The van der Waals surface area contributed by atoms with Gasteiger partial charge in [0.05, 0.1) is 19.4 Å². The Bertz CT molecular complexity index is 1840. The maximum Gasteiger partial charge on any atom is 0.416 e. The van der Waals surface area contributed by atoms with Crippen molar-refractivity contribution in [1.29, 1.82) is 0 Å². The Morgan fingerprint density at radius 1 is 1.16 bits per heavy atom. The predicted molar refractivity (Wildman–Crippen MR) is 194 cm³/mol. The van der Waals surface area contributed by atoms with E-state index in [1.165, 1.54) is 23.4 Å². The molecule has 0 spiro atoms. The molecule has 12 nitrogen and oxygen atoms in total. The summed E-state index contributed by atoms with van der Waals surface area (Å²) >= 11 is 0. The molecule has 0 radical (unpaired) electrons. The van der Waals surface area contributed by atoms with Crippen LogP contribution < -0.4 is 14.8 Å². The summed E-state index contributed by atoms with van der Waals surface area (Å²) < 4.78 is 19.0. The Balaban J connectivity index is 1.91. The summed E-state index contributed by atoms with van der Waals surface area (Å²) in [7, 11) is 1.49. The molecule has 1 saturated carbocycles. The van der Waals surface area contributed by atoms with E-state index in [2.05, 4.69) is 62.2 Å². The average Bonchev–Trinajstić information content (AvgIpc) is 3.58. The number of nitrogens with one attached hydrogen (secondary N) is 2. The number of anilines is 1. The molecule has 0 bridgehead atoms. The molecule has 266 valence electrons. The number of rotatable bonds is 11. The molecule has 2 aromatic heterocycles. The fraction of sp³-hybridized carbons (Fsp3) is 0.447. The second kappa shape index (κ2) is 15.5. The summed E-state index contributed by atoms with van der Waals surface area (Å²) in [5.41, 5.74) is 1.59. The molecule has 2 heterocycles. The summed E-state index contributed by atoms with van der Waals surface area (Å²) in [6.45, 7) is 30.0. The molecule has 0 aliphatic heterocycles. The number of hydrogen-bond acceptors (Lipinski definition) is 7. The van der Waals surface area contributed by atoms with Crippen LogP contribution >= 0.6 is 0 Å². The highest BCUT2D eigenvalue weighted by molar-refractivity contribution is 6.05. The molecule has 50 heavy (non-hydrogen) atoms. The van der Waals surface area contributed by atoms with Crippen LogP contribution in [-0.2, 0) is 9.53 Å². The Morgan fingerprint density at radius 2 is 1.84 bits per heavy atom. The summed E-state index contributed by atoms with van der Waals surface area (Å²) in [6, 6.07) is 5.05. The lowest BCUT2D eigenvalue weighted by Gasteiger charge is -2.45. The van der Waals surface area contributed by atoms with Crippen molar-refractivity contribution in [2.75, 3.05) is 25.5 Å². The molecule has 0 saturated heterocycles. The maximum absolute atomic E-state index is 14.4. The molecule has 4 rings (SSSR count). The van der Waals surface area contributed by atoms with Crippen molar-refractivity contribution in [1.82, 2.24) is 19.5 Å². The number of allylic oxidation sites excluding steroid dienone is 1. The van der Waals surface area contributed by atoms with Gasteiger partial charge in [0.1, 0.15) is 17.4 Å². The van der Waals surface area contributed by atoms with Crippen molar-refractivity contribution in [3.05, 3.63) is 72.1 Å². The van der Waals surface area contributed by atoms with Crippen molar-refractivity contribution in [2.24, 2.45) is 23.2 Å². The van der Waals surface area contributed by atoms with Gasteiger partial charge in [0.25, 0.3) is 5.69 Å². The van der Waals surface area contributed by atoms with Gasteiger partial charge >= 0.3 is 12.1 Å². The van der Waals surface area contributed by atoms with E-state index in [9.17, 15) is 14.4 Å². The highest BCUT2D eigenvalue weighted by atomic mass is 16.6. The number of H-pyrrole nitrogens is 1. The van der Waals surface area contributed by atoms with E-state index in [1.54, 1.807) is 30.4 Å². The lowest BCUT2D eigenvalue weighted by atomic mass is 9.64. The number of methoxy groups -OCH3 is 1. The normalized spacial score (nSPS) is 18.8. The molecule has 4 unspecified atom stereocenters. The lowest BCUT2D eigenvalue weighted by molar-refractivity contribution is -0.114. The molecule has 1 fully saturated rings. The third-order valence-electron chi connectivity index (χ3n) is 8.81. The Morgan fingerprint density at radius 3 is 2.40 bits per heavy atom. The highest BCUT2D eigenvalue weighted by Crippen LogP contribution is 2.46. The number of aromatic nitrogens is 3. The van der Waals surface area contributed by atoms with Crippen LogP contribution in [0, 0.1) is 29.7 Å². The van der Waals surface area contributed by atoms with Gasteiger partial charge in [-0.15, -0.1) is 13.2 Å². The smallest absolute Gasteiger partial charge is 0.416 e. The van der Waals surface area contributed by atoms with Crippen molar-refractivity contribution in [3.8, 4) is 23.0 Å². The number of aromatic amines is 1. The third kappa shape index (κ3) is 8.10. The van der Waals surface area contributed by atoms with Crippen LogP contribution in [0.25, 0.3) is 21.9 Å². The van der Waals surface area contributed by atoms with E-state index in [4.69, 9.17) is 25.8 Å². The van der Waals surface area contributed by atoms with Gasteiger partial charge in [0.15, 0.2) is 11.5 Å². The minimum absolute atomic E-state index is 0.0312. The van der Waals surface area contributed by atoms with E-state index in [0.717, 1.165) is 18.4 Å². The first-order valence-electron chi connectivity index (χ1n) is 16.7. The molecule has 2 N–H and O–H groups in total. The number of nitrogens with zero attached hydrogens (tertiary/aromatic N) is 4. The van der Waals surface area contributed by atoms with Crippen molar-refractivity contribution >= 4 is 35.0 Å². The van der Waals surface area contributed by atoms with Gasteiger partial charge in [-0.05, 0) is 56.2 Å². The molecule has 3 aromatic rings. The molecular weight excluding hydrogens is 636 g/mol. The largest absolute Gasteiger partial charge is 0.495 e. The van der Waals surface area contributed by atoms with Crippen molar-refractivity contribution in [3.63, 3.8) is 0 Å². The zero-order valence-electron chi connectivity index (χ0n) is 30.3. The molecule has 2 amide bonds. The summed E-state index contributed by atoms with van der Waals surface area (Å²) in [5, 5.41) is 5.83. The molecule has 1 aliphatic rings. The maximum atomic E-state index is 14.4. The van der Waals surface area contributed by atoms with Crippen LogP contribution in [0.3, 0.4) is 0 Å². The van der Waals surface area contributed by atoms with Gasteiger partial charge in [0.2, 0.25) is 11.8 Å². The number of carbonyl (C=O) groups excluding carboxylic acids is 3. The van der Waals surface area contributed by atoms with Crippen LogP contribution in [0.5, 0.6) is 11.6 Å². The lowest BCUT2D eigenvalue weighted by Crippen LogP contribution is -2.45. The molecule has 12 heteroatoms. The summed E-state index contributed by atoms with van der Waals surface area (Å²) in [4.78, 5) is 49.5. The Hall–Kier alpha value is -5.31. The van der Waals surface area contributed by atoms with Gasteiger partial charge in [0, 0.05) is 37.4 Å². The average molecular weight is 685 g/mol.